The van der Waals surface area contributed by atoms with Crippen molar-refractivity contribution in [1.82, 2.24) is 15.2 Å². The van der Waals surface area contributed by atoms with Crippen molar-refractivity contribution < 1.29 is 9.15 Å². The van der Waals surface area contributed by atoms with Gasteiger partial charge in [0, 0.05) is 17.5 Å². The zero-order valence-corrected chi connectivity index (χ0v) is 10.2. The molecule has 19 heavy (non-hydrogen) atoms. The van der Waals surface area contributed by atoms with Gasteiger partial charge in [-0.15, -0.1) is 0 Å². The standard InChI is InChI=1S/C13H11N3O3/c1-8-4-13(17)19-11-5-9(2-3-10(8)11)18-6-12-14-7-15-16-12/h2-5,7H,6H2,1H3,(H,14,15,16). The second-order valence-corrected chi connectivity index (χ2v) is 4.13. The highest BCUT2D eigenvalue weighted by Crippen LogP contribution is 2.22. The Morgan fingerprint density at radius 2 is 2.26 bits per heavy atom. The second kappa shape index (κ2) is 4.56. The van der Waals surface area contributed by atoms with Crippen LogP contribution < -0.4 is 10.4 Å². The molecule has 2 heterocycles. The SMILES string of the molecule is Cc1cc(=O)oc2cc(OCc3ncn[nH]3)ccc12. The predicted octanol–water partition coefficient (Wildman–Crippen LogP) is 1.80. The number of hydrogen-bond donors (Lipinski definition) is 1. The molecule has 0 atom stereocenters. The fraction of sp³-hybridized carbons (Fsp3) is 0.154. The number of aromatic nitrogens is 3. The Bertz CT molecular complexity index is 762. The lowest BCUT2D eigenvalue weighted by atomic mass is 10.1. The van der Waals surface area contributed by atoms with Gasteiger partial charge in [-0.2, -0.15) is 5.10 Å². The summed E-state index contributed by atoms with van der Waals surface area (Å²) >= 11 is 0. The molecule has 96 valence electrons. The summed E-state index contributed by atoms with van der Waals surface area (Å²) in [5.41, 5.74) is 1.03. The molecule has 0 aliphatic rings. The maximum atomic E-state index is 11.3. The smallest absolute Gasteiger partial charge is 0.336 e. The van der Waals surface area contributed by atoms with Crippen molar-refractivity contribution >= 4 is 11.0 Å². The first kappa shape index (κ1) is 11.5. The van der Waals surface area contributed by atoms with Crippen molar-refractivity contribution in [3.8, 4) is 5.75 Å². The quantitative estimate of drug-likeness (QED) is 0.723. The van der Waals surface area contributed by atoms with E-state index in [2.05, 4.69) is 15.2 Å². The minimum atomic E-state index is -0.364. The van der Waals surface area contributed by atoms with Gasteiger partial charge in [0.15, 0.2) is 5.82 Å². The van der Waals surface area contributed by atoms with Gasteiger partial charge in [0.1, 0.15) is 24.3 Å². The number of hydrogen-bond acceptors (Lipinski definition) is 5. The molecule has 0 spiro atoms. The molecule has 6 heteroatoms. The molecule has 2 aromatic heterocycles. The van der Waals surface area contributed by atoms with Crippen molar-refractivity contribution in [2.45, 2.75) is 13.5 Å². The van der Waals surface area contributed by atoms with Crippen LogP contribution in [0.25, 0.3) is 11.0 Å². The summed E-state index contributed by atoms with van der Waals surface area (Å²) in [6.45, 7) is 2.15. The third kappa shape index (κ3) is 2.33. The Kier molecular flexibility index (Phi) is 2.75. The van der Waals surface area contributed by atoms with Crippen molar-refractivity contribution in [3.63, 3.8) is 0 Å². The fourth-order valence-electron chi connectivity index (χ4n) is 1.85. The number of aromatic amines is 1. The summed E-state index contributed by atoms with van der Waals surface area (Å²) in [5.74, 6) is 1.24. The molecule has 0 saturated heterocycles. The van der Waals surface area contributed by atoms with Crippen molar-refractivity contribution in [2.75, 3.05) is 0 Å². The summed E-state index contributed by atoms with van der Waals surface area (Å²) in [6.07, 6.45) is 1.42. The average molecular weight is 257 g/mol. The van der Waals surface area contributed by atoms with Crippen LogP contribution in [0.4, 0.5) is 0 Å². The van der Waals surface area contributed by atoms with Gasteiger partial charge < -0.3 is 9.15 Å². The minimum Gasteiger partial charge on any atom is -0.485 e. The summed E-state index contributed by atoms with van der Waals surface area (Å²) in [6, 6.07) is 6.85. The largest absolute Gasteiger partial charge is 0.485 e. The Balaban J connectivity index is 1.91. The molecule has 3 rings (SSSR count). The van der Waals surface area contributed by atoms with Crippen LogP contribution in [0, 0.1) is 6.92 Å². The van der Waals surface area contributed by atoms with E-state index in [1.54, 1.807) is 6.07 Å². The predicted molar refractivity (Wildman–Crippen MR) is 67.9 cm³/mol. The molecular weight excluding hydrogens is 246 g/mol. The van der Waals surface area contributed by atoms with Gasteiger partial charge in [-0.25, -0.2) is 9.78 Å². The average Bonchev–Trinajstić information content (AvgIpc) is 2.88. The summed E-state index contributed by atoms with van der Waals surface area (Å²) < 4.78 is 10.7. The van der Waals surface area contributed by atoms with Crippen molar-refractivity contribution in [1.29, 1.82) is 0 Å². The van der Waals surface area contributed by atoms with E-state index in [-0.39, 0.29) is 12.2 Å². The third-order valence-electron chi connectivity index (χ3n) is 2.76. The Morgan fingerprint density at radius 3 is 3.05 bits per heavy atom. The molecule has 0 saturated carbocycles. The van der Waals surface area contributed by atoms with Gasteiger partial charge in [-0.1, -0.05) is 0 Å². The zero-order valence-electron chi connectivity index (χ0n) is 10.2. The molecule has 0 fully saturated rings. The van der Waals surface area contributed by atoms with E-state index in [0.717, 1.165) is 10.9 Å². The molecule has 1 aromatic carbocycles. The third-order valence-corrected chi connectivity index (χ3v) is 2.76. The van der Waals surface area contributed by atoms with Gasteiger partial charge in [-0.3, -0.25) is 5.10 Å². The number of nitrogens with one attached hydrogen (secondary N) is 1. The lowest BCUT2D eigenvalue weighted by Crippen LogP contribution is -2.00. The van der Waals surface area contributed by atoms with Crippen LogP contribution in [0.2, 0.25) is 0 Å². The number of benzene rings is 1. The Labute approximate surface area is 108 Å². The number of nitrogens with zero attached hydrogens (tertiary/aromatic N) is 2. The van der Waals surface area contributed by atoms with E-state index in [4.69, 9.17) is 9.15 Å². The fourth-order valence-corrected chi connectivity index (χ4v) is 1.85. The Hall–Kier alpha value is -2.63. The molecule has 6 nitrogen and oxygen atoms in total. The van der Waals surface area contributed by atoms with Crippen LogP contribution in [0.1, 0.15) is 11.4 Å². The van der Waals surface area contributed by atoms with Crippen LogP contribution in [-0.4, -0.2) is 15.2 Å². The summed E-state index contributed by atoms with van der Waals surface area (Å²) in [4.78, 5) is 15.3. The van der Waals surface area contributed by atoms with Crippen molar-refractivity contribution in [2.24, 2.45) is 0 Å². The topological polar surface area (TPSA) is 81.0 Å². The molecule has 0 unspecified atom stereocenters. The first-order chi connectivity index (χ1) is 9.22. The van der Waals surface area contributed by atoms with E-state index < -0.39 is 0 Å². The second-order valence-electron chi connectivity index (χ2n) is 4.13. The number of rotatable bonds is 3. The van der Waals surface area contributed by atoms with E-state index in [0.29, 0.717) is 17.2 Å². The highest BCUT2D eigenvalue weighted by molar-refractivity contribution is 5.81. The van der Waals surface area contributed by atoms with E-state index in [1.807, 2.05) is 19.1 Å². The number of H-pyrrole nitrogens is 1. The molecule has 0 radical (unpaired) electrons. The molecule has 0 bridgehead atoms. The molecule has 0 aliphatic heterocycles. The number of ether oxygens (including phenoxy) is 1. The summed E-state index contributed by atoms with van der Waals surface area (Å²) in [5, 5.41) is 7.33. The minimum absolute atomic E-state index is 0.279. The van der Waals surface area contributed by atoms with Crippen LogP contribution in [-0.2, 0) is 6.61 Å². The molecule has 0 amide bonds. The van der Waals surface area contributed by atoms with Gasteiger partial charge in [-0.05, 0) is 24.6 Å². The maximum absolute atomic E-state index is 11.3. The van der Waals surface area contributed by atoms with Gasteiger partial charge in [0.25, 0.3) is 0 Å². The van der Waals surface area contributed by atoms with E-state index >= 15 is 0 Å². The van der Waals surface area contributed by atoms with Crippen molar-refractivity contribution in [3.05, 3.63) is 52.4 Å². The first-order valence-corrected chi connectivity index (χ1v) is 5.74. The van der Waals surface area contributed by atoms with Crippen LogP contribution in [0.5, 0.6) is 5.75 Å². The first-order valence-electron chi connectivity index (χ1n) is 5.74. The van der Waals surface area contributed by atoms with E-state index in [1.165, 1.54) is 12.4 Å². The highest BCUT2D eigenvalue weighted by atomic mass is 16.5. The normalized spacial score (nSPS) is 10.8. The molecule has 0 aliphatic carbocycles. The number of aryl methyl sites for hydroxylation is 1. The molecule has 1 N–H and O–H groups in total. The molecular formula is C13H11N3O3. The Morgan fingerprint density at radius 1 is 1.37 bits per heavy atom. The lowest BCUT2D eigenvalue weighted by molar-refractivity contribution is 0.296. The van der Waals surface area contributed by atoms with Gasteiger partial charge in [0.05, 0.1) is 0 Å². The zero-order chi connectivity index (χ0) is 13.2. The van der Waals surface area contributed by atoms with Gasteiger partial charge >= 0.3 is 5.63 Å². The summed E-state index contributed by atoms with van der Waals surface area (Å²) in [7, 11) is 0. The van der Waals surface area contributed by atoms with E-state index in [9.17, 15) is 4.79 Å². The van der Waals surface area contributed by atoms with Crippen LogP contribution in [0.15, 0.2) is 39.8 Å². The lowest BCUT2D eigenvalue weighted by Gasteiger charge is -2.05. The van der Waals surface area contributed by atoms with Crippen LogP contribution >= 0.6 is 0 Å². The monoisotopic (exact) mass is 257 g/mol. The maximum Gasteiger partial charge on any atom is 0.336 e. The highest BCUT2D eigenvalue weighted by Gasteiger charge is 2.04. The van der Waals surface area contributed by atoms with Gasteiger partial charge in [0.2, 0.25) is 0 Å². The van der Waals surface area contributed by atoms with Crippen LogP contribution in [0.3, 0.4) is 0 Å². The molecule has 3 aromatic rings. The number of fused-ring (bicyclic) bond motifs is 1.